The van der Waals surface area contributed by atoms with E-state index in [0.717, 1.165) is 44.1 Å². The second-order valence-electron chi connectivity index (χ2n) is 9.58. The van der Waals surface area contributed by atoms with Gasteiger partial charge in [0.05, 0.1) is 35.0 Å². The number of halogens is 1. The highest BCUT2D eigenvalue weighted by molar-refractivity contribution is 5.66. The van der Waals surface area contributed by atoms with Crippen LogP contribution in [-0.2, 0) is 22.5 Å². The van der Waals surface area contributed by atoms with Crippen LogP contribution in [0.25, 0.3) is 5.70 Å². The van der Waals surface area contributed by atoms with Crippen molar-refractivity contribution in [2.45, 2.75) is 59.4 Å². The summed E-state index contributed by atoms with van der Waals surface area (Å²) in [4.78, 5) is 29.9. The number of ether oxygens (including phenoxy) is 1. The Labute approximate surface area is 225 Å². The number of aryl methyl sites for hydroxylation is 2. The first-order valence-corrected chi connectivity index (χ1v) is 13.2. The highest BCUT2D eigenvalue weighted by Gasteiger charge is 2.25. The molecule has 210 valence electrons. The first-order chi connectivity index (χ1) is 18.2. The van der Waals surface area contributed by atoms with Gasteiger partial charge < -0.3 is 29.7 Å². The summed E-state index contributed by atoms with van der Waals surface area (Å²) >= 11 is 0. The van der Waals surface area contributed by atoms with Crippen molar-refractivity contribution in [1.82, 2.24) is 14.6 Å². The molecule has 3 heterocycles. The topological polar surface area (TPSA) is 120 Å². The number of carbonyl (C=O) groups is 1. The van der Waals surface area contributed by atoms with Gasteiger partial charge in [0, 0.05) is 58.6 Å². The molecule has 0 radical (unpaired) electrons. The van der Waals surface area contributed by atoms with Crippen molar-refractivity contribution < 1.29 is 13.9 Å². The Morgan fingerprint density at radius 2 is 2.05 bits per heavy atom. The normalized spacial score (nSPS) is 15.9. The Balaban J connectivity index is 0.00000118. The zero-order valence-corrected chi connectivity index (χ0v) is 23.4. The number of aromatic nitrogens is 2. The van der Waals surface area contributed by atoms with Crippen LogP contribution in [-0.4, -0.2) is 54.7 Å². The molecule has 2 aromatic heterocycles. The number of likely N-dealkylation sites (N-methyl/N-ethyl adjacent to an activating group) is 1. The van der Waals surface area contributed by atoms with Crippen LogP contribution in [0, 0.1) is 18.7 Å². The lowest BCUT2D eigenvalue weighted by molar-refractivity contribution is -0.108. The van der Waals surface area contributed by atoms with Crippen molar-refractivity contribution in [3.8, 4) is 0 Å². The summed E-state index contributed by atoms with van der Waals surface area (Å²) in [7, 11) is 3.31. The molecule has 10 heteroatoms. The molecule has 9 nitrogen and oxygen atoms in total. The van der Waals surface area contributed by atoms with E-state index >= 15 is 4.39 Å². The van der Waals surface area contributed by atoms with E-state index in [0.29, 0.717) is 36.6 Å². The van der Waals surface area contributed by atoms with Gasteiger partial charge in [-0.1, -0.05) is 19.4 Å². The molecule has 38 heavy (non-hydrogen) atoms. The Morgan fingerprint density at radius 1 is 1.34 bits per heavy atom. The Kier molecular flexibility index (Phi) is 12.4. The number of nitrogens with zero attached hydrogens (tertiary/aromatic N) is 4. The number of piperidine rings is 1. The van der Waals surface area contributed by atoms with Crippen LogP contribution in [0.15, 0.2) is 34.9 Å². The highest BCUT2D eigenvalue weighted by Crippen LogP contribution is 2.30. The number of pyridine rings is 2. The minimum atomic E-state index is -0.418. The Bertz CT molecular complexity index is 1120. The molecule has 1 aliphatic rings. The number of aldehydes is 1. The number of hydrogen-bond acceptors (Lipinski definition) is 8. The lowest BCUT2D eigenvalue weighted by atomic mass is 9.95. The summed E-state index contributed by atoms with van der Waals surface area (Å²) in [6, 6.07) is 4.67. The summed E-state index contributed by atoms with van der Waals surface area (Å²) in [5, 5.41) is 1.34. The van der Waals surface area contributed by atoms with Gasteiger partial charge in [0.25, 0.3) is 5.56 Å². The molecule has 1 saturated heterocycles. The quantitative estimate of drug-likeness (QED) is 0.273. The number of hydrogen-bond donors (Lipinski definition) is 2. The van der Waals surface area contributed by atoms with Gasteiger partial charge in [0.2, 0.25) is 0 Å². The number of methoxy groups -OCH3 is 1. The van der Waals surface area contributed by atoms with E-state index in [1.165, 1.54) is 17.1 Å². The predicted octanol–water partition coefficient (Wildman–Crippen LogP) is 3.23. The highest BCUT2D eigenvalue weighted by atomic mass is 19.1. The summed E-state index contributed by atoms with van der Waals surface area (Å²) in [5.74, 6) is 5.86. The number of allylic oxidation sites excluding steroid dienone is 1. The van der Waals surface area contributed by atoms with E-state index in [-0.39, 0.29) is 29.4 Å². The third-order valence-electron chi connectivity index (χ3n) is 6.59. The fraction of sp³-hybridized carbons (Fsp3) is 0.536. The smallest absolute Gasteiger partial charge is 0.250 e. The molecule has 0 spiro atoms. The molecule has 0 saturated carbocycles. The van der Waals surface area contributed by atoms with E-state index < -0.39 is 5.82 Å². The van der Waals surface area contributed by atoms with E-state index in [9.17, 15) is 9.59 Å². The van der Waals surface area contributed by atoms with Gasteiger partial charge in [-0.3, -0.25) is 4.79 Å². The third-order valence-corrected chi connectivity index (χ3v) is 6.59. The van der Waals surface area contributed by atoms with Crippen LogP contribution >= 0.6 is 0 Å². The van der Waals surface area contributed by atoms with Crippen molar-refractivity contribution in [3.05, 3.63) is 63.2 Å². The van der Waals surface area contributed by atoms with Crippen molar-refractivity contribution in [2.75, 3.05) is 38.8 Å². The average Bonchev–Trinajstić information content (AvgIpc) is 2.88. The van der Waals surface area contributed by atoms with Crippen LogP contribution in [0.2, 0.25) is 0 Å². The maximum absolute atomic E-state index is 15.3. The second kappa shape index (κ2) is 15.2. The number of rotatable bonds is 10. The number of hydrazine groups is 1. The van der Waals surface area contributed by atoms with Gasteiger partial charge in [-0.15, -0.1) is 0 Å². The van der Waals surface area contributed by atoms with Crippen molar-refractivity contribution >= 4 is 17.7 Å². The van der Waals surface area contributed by atoms with E-state index in [1.807, 2.05) is 17.9 Å². The molecule has 0 aliphatic carbocycles. The molecule has 4 N–H and O–H groups in total. The summed E-state index contributed by atoms with van der Waals surface area (Å²) in [5.41, 5.74) is 9.19. The minimum absolute atomic E-state index is 0.138. The Morgan fingerprint density at radius 3 is 2.63 bits per heavy atom. The molecule has 1 fully saturated rings. The fourth-order valence-electron chi connectivity index (χ4n) is 4.58. The van der Waals surface area contributed by atoms with Gasteiger partial charge in [-0.2, -0.15) is 0 Å². The van der Waals surface area contributed by atoms with Crippen LogP contribution in [0.5, 0.6) is 0 Å². The summed E-state index contributed by atoms with van der Waals surface area (Å²) < 4.78 is 21.4. The predicted molar refractivity (Wildman–Crippen MR) is 150 cm³/mol. The SMILES string of the molecule is CCCc1ccc(=O)n(C/C(=C(/N)c2cc(F)c(N3CCCC(CC=O)C3)c(C)n2)N(C)N)c1.CCOC. The molecule has 1 unspecified atom stereocenters. The van der Waals surface area contributed by atoms with E-state index in [1.54, 1.807) is 31.8 Å². The molecule has 1 atom stereocenters. The Hall–Kier alpha value is -3.24. The van der Waals surface area contributed by atoms with Crippen molar-refractivity contribution in [3.63, 3.8) is 0 Å². The average molecular weight is 531 g/mol. The van der Waals surface area contributed by atoms with Crippen LogP contribution in [0.3, 0.4) is 0 Å². The van der Waals surface area contributed by atoms with Crippen LogP contribution in [0.4, 0.5) is 10.1 Å². The van der Waals surface area contributed by atoms with E-state index in [2.05, 4.69) is 16.6 Å². The number of carbonyl (C=O) groups excluding carboxylic acids is 1. The molecule has 0 amide bonds. The zero-order valence-electron chi connectivity index (χ0n) is 23.4. The summed E-state index contributed by atoms with van der Waals surface area (Å²) in [6.07, 6.45) is 6.88. The maximum Gasteiger partial charge on any atom is 0.250 e. The van der Waals surface area contributed by atoms with E-state index in [4.69, 9.17) is 11.6 Å². The molecule has 3 rings (SSSR count). The minimum Gasteiger partial charge on any atom is -0.395 e. The van der Waals surface area contributed by atoms with Gasteiger partial charge in [0.15, 0.2) is 5.82 Å². The second-order valence-corrected chi connectivity index (χ2v) is 9.58. The van der Waals surface area contributed by atoms with Gasteiger partial charge in [-0.05, 0) is 44.6 Å². The zero-order chi connectivity index (χ0) is 28.2. The maximum atomic E-state index is 15.3. The monoisotopic (exact) mass is 530 g/mol. The number of nitrogens with two attached hydrogens (primary N) is 2. The molecule has 1 aliphatic heterocycles. The van der Waals surface area contributed by atoms with Gasteiger partial charge in [-0.25, -0.2) is 15.2 Å². The molecule has 2 aromatic rings. The molecule has 0 bridgehead atoms. The van der Waals surface area contributed by atoms with Crippen LogP contribution in [0.1, 0.15) is 56.5 Å². The number of anilines is 1. The van der Waals surface area contributed by atoms with Gasteiger partial charge >= 0.3 is 0 Å². The van der Waals surface area contributed by atoms with Crippen molar-refractivity contribution in [2.24, 2.45) is 17.5 Å². The fourth-order valence-corrected chi connectivity index (χ4v) is 4.58. The first-order valence-electron chi connectivity index (χ1n) is 13.2. The standard InChI is InChI=1S/C25H35FN6O2.C3H8O/c1-4-6-18-8-9-23(34)32(15-18)16-22(30(3)28)24(27)21-13-20(26)25(17(2)29-21)31-11-5-7-19(14-31)10-12-33;1-3-4-2/h8-9,12-13,15,19H,4-7,10-11,14,16,27-28H2,1-3H3;3H2,1-2H3/b24-22-;. The molecule has 0 aromatic carbocycles. The summed E-state index contributed by atoms with van der Waals surface area (Å²) in [6.45, 7) is 8.08. The van der Waals surface area contributed by atoms with Crippen molar-refractivity contribution in [1.29, 1.82) is 0 Å². The molecular formula is C28H43FN6O3. The first kappa shape index (κ1) is 31.0. The third kappa shape index (κ3) is 8.39. The lowest BCUT2D eigenvalue weighted by Gasteiger charge is -2.34. The largest absolute Gasteiger partial charge is 0.395 e. The van der Waals surface area contributed by atoms with Crippen LogP contribution < -0.4 is 22.0 Å². The molecular weight excluding hydrogens is 487 g/mol. The lowest BCUT2D eigenvalue weighted by Crippen LogP contribution is -2.37. The van der Waals surface area contributed by atoms with Gasteiger partial charge in [0.1, 0.15) is 6.29 Å².